The Morgan fingerprint density at radius 3 is 2.45 bits per heavy atom. The Bertz CT molecular complexity index is 550. The number of carbonyl (C=O) groups is 2. The fourth-order valence-corrected chi connectivity index (χ4v) is 1.90. The van der Waals surface area contributed by atoms with Crippen LogP contribution in [0.5, 0.6) is 0 Å². The Labute approximate surface area is 146 Å². The van der Waals surface area contributed by atoms with Crippen molar-refractivity contribution in [3.05, 3.63) is 33.8 Å². The third kappa shape index (κ3) is 5.65. The van der Waals surface area contributed by atoms with E-state index in [0.717, 1.165) is 0 Å². The van der Waals surface area contributed by atoms with Gasteiger partial charge < -0.3 is 16.4 Å². The summed E-state index contributed by atoms with van der Waals surface area (Å²) >= 11 is 11.8. The van der Waals surface area contributed by atoms with Crippen LogP contribution in [0.15, 0.2) is 18.2 Å². The molecule has 0 aliphatic heterocycles. The number of hydrogen-bond donors (Lipinski definition) is 3. The molecule has 0 saturated carbocycles. The first kappa shape index (κ1) is 21.0. The molecule has 1 rings (SSSR count). The van der Waals surface area contributed by atoms with Crippen LogP contribution in [0.1, 0.15) is 31.1 Å². The van der Waals surface area contributed by atoms with E-state index in [1.165, 1.54) is 6.07 Å². The Kier molecular flexibility index (Phi) is 8.18. The van der Waals surface area contributed by atoms with E-state index < -0.39 is 17.5 Å². The molecule has 1 aromatic rings. The number of amides is 2. The second-order valence-corrected chi connectivity index (χ2v) is 6.16. The lowest BCUT2D eigenvalue weighted by Crippen LogP contribution is -2.55. The highest BCUT2D eigenvalue weighted by molar-refractivity contribution is 6.43. The van der Waals surface area contributed by atoms with Gasteiger partial charge in [-0.1, -0.05) is 29.3 Å². The quantitative estimate of drug-likeness (QED) is 0.746. The molecule has 0 heterocycles. The summed E-state index contributed by atoms with van der Waals surface area (Å²) in [4.78, 5) is 24.1. The van der Waals surface area contributed by atoms with Crippen molar-refractivity contribution < 1.29 is 9.59 Å². The molecule has 0 radical (unpaired) electrons. The molecule has 5 nitrogen and oxygen atoms in total. The summed E-state index contributed by atoms with van der Waals surface area (Å²) in [5.41, 5.74) is 5.24. The van der Waals surface area contributed by atoms with Crippen LogP contribution in [0.25, 0.3) is 0 Å². The molecule has 22 heavy (non-hydrogen) atoms. The number of halogens is 3. The highest BCUT2D eigenvalue weighted by Crippen LogP contribution is 2.25. The molecule has 0 aromatic heterocycles. The van der Waals surface area contributed by atoms with Crippen molar-refractivity contribution in [2.45, 2.75) is 32.4 Å². The maximum absolute atomic E-state index is 12.1. The smallest absolute Gasteiger partial charge is 0.253 e. The van der Waals surface area contributed by atoms with E-state index in [-0.39, 0.29) is 33.9 Å². The highest BCUT2D eigenvalue weighted by Gasteiger charge is 2.24. The molecule has 1 aromatic carbocycles. The fraction of sp³-hybridized carbons (Fsp3) is 0.429. The van der Waals surface area contributed by atoms with Gasteiger partial charge in [-0.2, -0.15) is 0 Å². The summed E-state index contributed by atoms with van der Waals surface area (Å²) in [5, 5.41) is 5.77. The van der Waals surface area contributed by atoms with Crippen molar-refractivity contribution in [1.29, 1.82) is 0 Å². The largest absolute Gasteiger partial charge is 0.348 e. The zero-order chi connectivity index (χ0) is 16.2. The molecule has 2 amide bonds. The first-order valence-corrected chi connectivity index (χ1v) is 7.20. The highest BCUT2D eigenvalue weighted by atomic mass is 35.5. The van der Waals surface area contributed by atoms with Gasteiger partial charge >= 0.3 is 0 Å². The first-order chi connectivity index (χ1) is 9.68. The van der Waals surface area contributed by atoms with Crippen LogP contribution in [0, 0.1) is 0 Å². The average molecular weight is 369 g/mol. The van der Waals surface area contributed by atoms with Gasteiger partial charge in [0, 0.05) is 12.1 Å². The summed E-state index contributed by atoms with van der Waals surface area (Å²) < 4.78 is 0. The van der Waals surface area contributed by atoms with Crippen molar-refractivity contribution in [3.63, 3.8) is 0 Å². The molecular formula is C14H20Cl3N3O2. The van der Waals surface area contributed by atoms with Gasteiger partial charge in [0.25, 0.3) is 5.91 Å². The number of nitrogens with one attached hydrogen (secondary N) is 2. The molecule has 1 atom stereocenters. The molecule has 1 unspecified atom stereocenters. The van der Waals surface area contributed by atoms with Gasteiger partial charge in [0.2, 0.25) is 5.91 Å². The van der Waals surface area contributed by atoms with Crippen LogP contribution >= 0.6 is 35.6 Å². The maximum Gasteiger partial charge on any atom is 0.253 e. The lowest BCUT2D eigenvalue weighted by Gasteiger charge is -2.26. The van der Waals surface area contributed by atoms with Gasteiger partial charge in [0.15, 0.2) is 0 Å². The zero-order valence-electron chi connectivity index (χ0n) is 12.6. The molecular weight excluding hydrogens is 349 g/mol. The van der Waals surface area contributed by atoms with Crippen molar-refractivity contribution in [3.8, 4) is 0 Å². The summed E-state index contributed by atoms with van der Waals surface area (Å²) in [6, 6.07) is 4.02. The predicted molar refractivity (Wildman–Crippen MR) is 91.9 cm³/mol. The Balaban J connectivity index is 0.00000441. The number of benzene rings is 1. The molecule has 0 bridgehead atoms. The van der Waals surface area contributed by atoms with E-state index in [9.17, 15) is 9.59 Å². The second-order valence-electron chi connectivity index (χ2n) is 5.37. The van der Waals surface area contributed by atoms with Crippen molar-refractivity contribution in [2.75, 3.05) is 6.54 Å². The normalized spacial score (nSPS) is 12.1. The van der Waals surface area contributed by atoms with Crippen LogP contribution in [0.2, 0.25) is 10.0 Å². The topological polar surface area (TPSA) is 84.2 Å². The van der Waals surface area contributed by atoms with E-state index in [1.54, 1.807) is 32.9 Å². The van der Waals surface area contributed by atoms with Crippen molar-refractivity contribution >= 4 is 47.4 Å². The molecule has 0 fully saturated rings. The van der Waals surface area contributed by atoms with Crippen LogP contribution in [-0.2, 0) is 4.79 Å². The minimum absolute atomic E-state index is 0. The number of rotatable bonds is 5. The van der Waals surface area contributed by atoms with Gasteiger partial charge in [-0.15, -0.1) is 12.4 Å². The number of hydrogen-bond acceptors (Lipinski definition) is 3. The number of nitrogens with two attached hydrogens (primary N) is 1. The van der Waals surface area contributed by atoms with Gasteiger partial charge in [-0.05, 0) is 32.9 Å². The first-order valence-electron chi connectivity index (χ1n) is 6.45. The summed E-state index contributed by atoms with van der Waals surface area (Å²) in [6.45, 7) is 5.47. The Morgan fingerprint density at radius 2 is 1.91 bits per heavy atom. The molecule has 4 N–H and O–H groups in total. The third-order valence-corrected chi connectivity index (χ3v) is 3.73. The number of carbonyl (C=O) groups excluding carboxylic acids is 2. The van der Waals surface area contributed by atoms with Gasteiger partial charge in [-0.25, -0.2) is 0 Å². The Hall–Kier alpha value is -1.01. The summed E-state index contributed by atoms with van der Waals surface area (Å²) in [7, 11) is 0. The van der Waals surface area contributed by atoms with Crippen LogP contribution in [-0.4, -0.2) is 29.9 Å². The van der Waals surface area contributed by atoms with Crippen molar-refractivity contribution in [1.82, 2.24) is 10.6 Å². The summed E-state index contributed by atoms with van der Waals surface area (Å²) in [6.07, 6.45) is 0. The molecule has 0 spiro atoms. The monoisotopic (exact) mass is 367 g/mol. The van der Waals surface area contributed by atoms with Crippen LogP contribution in [0.3, 0.4) is 0 Å². The van der Waals surface area contributed by atoms with Gasteiger partial charge in [0.1, 0.15) is 6.04 Å². The van der Waals surface area contributed by atoms with Gasteiger partial charge in [0.05, 0.1) is 15.6 Å². The van der Waals surface area contributed by atoms with E-state index >= 15 is 0 Å². The molecule has 8 heteroatoms. The van der Waals surface area contributed by atoms with Crippen LogP contribution < -0.4 is 16.4 Å². The third-order valence-electron chi connectivity index (χ3n) is 2.91. The predicted octanol–water partition coefficient (Wildman–Crippen LogP) is 2.39. The van der Waals surface area contributed by atoms with Crippen LogP contribution in [0.4, 0.5) is 0 Å². The fourth-order valence-electron chi connectivity index (χ4n) is 1.51. The van der Waals surface area contributed by atoms with Gasteiger partial charge in [-0.3, -0.25) is 9.59 Å². The standard InChI is InChI=1S/C14H19Cl2N3O2.ClH/c1-8(12(20)19-14(2,3)7-17)18-13(21)9-5-4-6-10(15)11(9)16;/h4-6,8H,7,17H2,1-3H3,(H,18,21)(H,19,20);1H. The second kappa shape index (κ2) is 8.58. The SMILES string of the molecule is CC(NC(=O)c1cccc(Cl)c1Cl)C(=O)NC(C)(C)CN.Cl. The van der Waals surface area contributed by atoms with E-state index in [1.807, 2.05) is 0 Å². The average Bonchev–Trinajstić information content (AvgIpc) is 2.41. The molecule has 124 valence electrons. The van der Waals surface area contributed by atoms with E-state index in [0.29, 0.717) is 6.54 Å². The van der Waals surface area contributed by atoms with E-state index in [4.69, 9.17) is 28.9 Å². The minimum Gasteiger partial charge on any atom is -0.348 e. The molecule has 0 aliphatic rings. The molecule has 0 saturated heterocycles. The lowest BCUT2D eigenvalue weighted by molar-refractivity contribution is -0.124. The molecule has 0 aliphatic carbocycles. The Morgan fingerprint density at radius 1 is 1.32 bits per heavy atom. The maximum atomic E-state index is 12.1. The minimum atomic E-state index is -0.724. The summed E-state index contributed by atoms with van der Waals surface area (Å²) in [5.74, 6) is -0.785. The lowest BCUT2D eigenvalue weighted by atomic mass is 10.1. The van der Waals surface area contributed by atoms with E-state index in [2.05, 4.69) is 10.6 Å². The van der Waals surface area contributed by atoms with Crippen molar-refractivity contribution in [2.24, 2.45) is 5.73 Å². The zero-order valence-corrected chi connectivity index (χ0v) is 14.9.